The number of fused-ring (bicyclic) bond motifs is 1. The van der Waals surface area contributed by atoms with E-state index in [0.29, 0.717) is 22.2 Å². The van der Waals surface area contributed by atoms with Gasteiger partial charge in [0.25, 0.3) is 15.6 Å². The maximum atomic E-state index is 13.4. The third kappa shape index (κ3) is 4.27. The summed E-state index contributed by atoms with van der Waals surface area (Å²) >= 11 is 6.03. The van der Waals surface area contributed by atoms with Crippen LogP contribution in [0.15, 0.2) is 58.4 Å². The zero-order valence-corrected chi connectivity index (χ0v) is 20.1. The summed E-state index contributed by atoms with van der Waals surface area (Å²) in [6, 6.07) is 10.5. The highest BCUT2D eigenvalue weighted by Crippen LogP contribution is 2.31. The maximum absolute atomic E-state index is 13.4. The first-order valence-corrected chi connectivity index (χ1v) is 12.0. The fourth-order valence-corrected chi connectivity index (χ4v) is 5.04. The minimum Gasteiger partial charge on any atom is -0.480 e. The average Bonchev–Trinajstić information content (AvgIpc) is 2.78. The Morgan fingerprint density at radius 2 is 1.85 bits per heavy atom. The van der Waals surface area contributed by atoms with Crippen LogP contribution in [0.4, 0.5) is 11.8 Å². The molecular weight excluding hydrogens is 480 g/mol. The largest absolute Gasteiger partial charge is 0.480 e. The number of pyridine rings is 2. The molecular formula is C22H21ClN6O4S. The maximum Gasteiger partial charge on any atom is 0.264 e. The highest BCUT2D eigenvalue weighted by molar-refractivity contribution is 7.92. The molecule has 10 nitrogen and oxygen atoms in total. The average molecular weight is 501 g/mol. The smallest absolute Gasteiger partial charge is 0.264 e. The van der Waals surface area contributed by atoms with Gasteiger partial charge < -0.3 is 10.5 Å². The van der Waals surface area contributed by atoms with Gasteiger partial charge >= 0.3 is 0 Å². The standard InChI is InChI=1S/C22H21ClN6O4S/c1-12(2)29-19-13(11-25-22(24)27-19)10-15(21(29)30)14-8-9-18(26-20(14)33-3)28-34(31,32)17-7-5-4-6-16(17)23/h4-12H,1-3H3,(H,26,28)(H2,24,25,27). The van der Waals surface area contributed by atoms with Crippen molar-refractivity contribution in [1.29, 1.82) is 0 Å². The second-order valence-corrected chi connectivity index (χ2v) is 9.68. The van der Waals surface area contributed by atoms with Crippen molar-refractivity contribution in [1.82, 2.24) is 19.5 Å². The van der Waals surface area contributed by atoms with Gasteiger partial charge in [-0.05, 0) is 44.2 Å². The number of sulfonamides is 1. The molecule has 34 heavy (non-hydrogen) atoms. The van der Waals surface area contributed by atoms with E-state index in [1.807, 2.05) is 13.8 Å². The summed E-state index contributed by atoms with van der Waals surface area (Å²) in [5, 5.41) is 0.676. The highest BCUT2D eigenvalue weighted by atomic mass is 35.5. The van der Waals surface area contributed by atoms with Gasteiger partial charge in [0, 0.05) is 23.2 Å². The normalized spacial score (nSPS) is 11.7. The van der Waals surface area contributed by atoms with Crippen molar-refractivity contribution >= 4 is 44.4 Å². The quantitative estimate of drug-likeness (QED) is 0.409. The van der Waals surface area contributed by atoms with Crippen molar-refractivity contribution in [2.45, 2.75) is 24.8 Å². The van der Waals surface area contributed by atoms with Crippen LogP contribution >= 0.6 is 11.6 Å². The molecule has 3 heterocycles. The number of nitrogen functional groups attached to an aromatic ring is 1. The molecule has 3 N–H and O–H groups in total. The van der Waals surface area contributed by atoms with E-state index in [9.17, 15) is 13.2 Å². The molecule has 0 atom stereocenters. The topological polar surface area (TPSA) is 142 Å². The Hall–Kier alpha value is -3.70. The van der Waals surface area contributed by atoms with E-state index >= 15 is 0 Å². The lowest BCUT2D eigenvalue weighted by Gasteiger charge is -2.17. The van der Waals surface area contributed by atoms with Crippen molar-refractivity contribution in [2.75, 3.05) is 17.6 Å². The van der Waals surface area contributed by atoms with Gasteiger partial charge in [-0.1, -0.05) is 23.7 Å². The fraction of sp³-hybridized carbons (Fsp3) is 0.182. The molecule has 3 aromatic heterocycles. The van der Waals surface area contributed by atoms with Crippen LogP contribution in [0.3, 0.4) is 0 Å². The molecule has 0 fully saturated rings. The fourth-order valence-electron chi connectivity index (χ4n) is 3.52. The lowest BCUT2D eigenvalue weighted by Crippen LogP contribution is -2.25. The number of anilines is 2. The number of hydrogen-bond donors (Lipinski definition) is 2. The highest BCUT2D eigenvalue weighted by Gasteiger charge is 2.21. The monoisotopic (exact) mass is 500 g/mol. The Morgan fingerprint density at radius 1 is 1.12 bits per heavy atom. The molecule has 0 radical (unpaired) electrons. The number of ether oxygens (including phenoxy) is 1. The van der Waals surface area contributed by atoms with Crippen LogP contribution in [-0.2, 0) is 10.0 Å². The van der Waals surface area contributed by atoms with Crippen LogP contribution in [0.25, 0.3) is 22.2 Å². The first kappa shape index (κ1) is 23.5. The minimum absolute atomic E-state index is 0.00148. The van der Waals surface area contributed by atoms with E-state index < -0.39 is 10.0 Å². The van der Waals surface area contributed by atoms with E-state index in [2.05, 4.69) is 19.7 Å². The molecule has 0 saturated carbocycles. The lowest BCUT2D eigenvalue weighted by molar-refractivity contribution is 0.400. The molecule has 0 amide bonds. The van der Waals surface area contributed by atoms with E-state index in [-0.39, 0.29) is 39.2 Å². The third-order valence-electron chi connectivity index (χ3n) is 5.02. The molecule has 0 unspecified atom stereocenters. The van der Waals surface area contributed by atoms with E-state index in [1.54, 1.807) is 24.3 Å². The van der Waals surface area contributed by atoms with Gasteiger partial charge in [-0.2, -0.15) is 9.97 Å². The number of nitrogens with zero attached hydrogens (tertiary/aromatic N) is 4. The van der Waals surface area contributed by atoms with Crippen LogP contribution in [0.2, 0.25) is 5.02 Å². The number of hydrogen-bond acceptors (Lipinski definition) is 8. The predicted octanol–water partition coefficient (Wildman–Crippen LogP) is 3.48. The zero-order chi connectivity index (χ0) is 24.6. The molecule has 12 heteroatoms. The van der Waals surface area contributed by atoms with Crippen LogP contribution in [0.1, 0.15) is 19.9 Å². The summed E-state index contributed by atoms with van der Waals surface area (Å²) in [5.41, 5.74) is 6.47. The van der Waals surface area contributed by atoms with Gasteiger partial charge in [-0.25, -0.2) is 13.4 Å². The minimum atomic E-state index is -4.00. The number of methoxy groups -OCH3 is 1. The summed E-state index contributed by atoms with van der Waals surface area (Å²) in [7, 11) is -2.62. The Kier molecular flexibility index (Phi) is 6.15. The molecule has 0 aliphatic rings. The lowest BCUT2D eigenvalue weighted by atomic mass is 10.1. The molecule has 0 bridgehead atoms. The van der Waals surface area contributed by atoms with Gasteiger partial charge in [0.15, 0.2) is 0 Å². The molecule has 0 aliphatic heterocycles. The number of halogens is 1. The van der Waals surface area contributed by atoms with Crippen molar-refractivity contribution in [2.24, 2.45) is 0 Å². The summed E-state index contributed by atoms with van der Waals surface area (Å²) in [6.45, 7) is 3.70. The Morgan fingerprint density at radius 3 is 2.53 bits per heavy atom. The Labute approximate surface area is 200 Å². The number of aromatic nitrogens is 4. The number of rotatable bonds is 6. The molecule has 0 aliphatic carbocycles. The van der Waals surface area contributed by atoms with Gasteiger partial charge in [-0.15, -0.1) is 0 Å². The van der Waals surface area contributed by atoms with Gasteiger partial charge in [0.05, 0.1) is 17.7 Å². The summed E-state index contributed by atoms with van der Waals surface area (Å²) in [6.07, 6.45) is 1.53. The van der Waals surface area contributed by atoms with E-state index in [4.69, 9.17) is 22.1 Å². The van der Waals surface area contributed by atoms with Crippen LogP contribution < -0.4 is 20.8 Å². The zero-order valence-electron chi connectivity index (χ0n) is 18.5. The van der Waals surface area contributed by atoms with Gasteiger partial charge in [0.2, 0.25) is 11.8 Å². The van der Waals surface area contributed by atoms with Gasteiger partial charge in [0.1, 0.15) is 16.4 Å². The SMILES string of the molecule is COc1nc(NS(=O)(=O)c2ccccc2Cl)ccc1-c1cc2cnc(N)nc2n(C(C)C)c1=O. The molecule has 4 rings (SSSR count). The van der Waals surface area contributed by atoms with E-state index in [1.165, 1.54) is 36.1 Å². The van der Waals surface area contributed by atoms with Crippen LogP contribution in [0.5, 0.6) is 5.88 Å². The first-order chi connectivity index (χ1) is 16.1. The molecule has 0 saturated heterocycles. The van der Waals surface area contributed by atoms with E-state index in [0.717, 1.165) is 0 Å². The summed E-state index contributed by atoms with van der Waals surface area (Å²) < 4.78 is 34.8. The number of nitrogens with two attached hydrogens (primary N) is 1. The van der Waals surface area contributed by atoms with Crippen molar-refractivity contribution in [3.8, 4) is 17.0 Å². The second kappa shape index (κ2) is 8.92. The predicted molar refractivity (Wildman–Crippen MR) is 131 cm³/mol. The summed E-state index contributed by atoms with van der Waals surface area (Å²) in [5.74, 6) is 0.118. The van der Waals surface area contributed by atoms with Crippen molar-refractivity contribution in [3.63, 3.8) is 0 Å². The Bertz CT molecular complexity index is 1570. The van der Waals surface area contributed by atoms with Crippen LogP contribution in [0, 0.1) is 0 Å². The van der Waals surface area contributed by atoms with Gasteiger partial charge in [-0.3, -0.25) is 14.1 Å². The molecule has 176 valence electrons. The Balaban J connectivity index is 1.83. The molecule has 0 spiro atoms. The number of benzene rings is 1. The third-order valence-corrected chi connectivity index (χ3v) is 6.87. The first-order valence-electron chi connectivity index (χ1n) is 10.1. The molecule has 4 aromatic rings. The molecule has 1 aromatic carbocycles. The van der Waals surface area contributed by atoms with Crippen molar-refractivity contribution in [3.05, 3.63) is 64.0 Å². The summed E-state index contributed by atoms with van der Waals surface area (Å²) in [4.78, 5) is 25.8. The van der Waals surface area contributed by atoms with Crippen LogP contribution in [-0.4, -0.2) is 35.0 Å². The number of nitrogens with one attached hydrogen (secondary N) is 1. The second-order valence-electron chi connectivity index (χ2n) is 7.62. The van der Waals surface area contributed by atoms with Crippen molar-refractivity contribution < 1.29 is 13.2 Å².